The van der Waals surface area contributed by atoms with E-state index in [1.54, 1.807) is 24.3 Å². The van der Waals surface area contributed by atoms with Gasteiger partial charge in [0.15, 0.2) is 0 Å². The van der Waals surface area contributed by atoms with E-state index in [9.17, 15) is 13.6 Å². The molecule has 1 aromatic heterocycles. The minimum Gasteiger partial charge on any atom is -0.339 e. The van der Waals surface area contributed by atoms with Gasteiger partial charge in [0.25, 0.3) is 0 Å². The van der Waals surface area contributed by atoms with Crippen LogP contribution in [-0.2, 0) is 4.79 Å². The van der Waals surface area contributed by atoms with Crippen molar-refractivity contribution in [2.45, 2.75) is 19.3 Å². The van der Waals surface area contributed by atoms with E-state index < -0.39 is 11.6 Å². The van der Waals surface area contributed by atoms with Crippen LogP contribution in [0.25, 0.3) is 11.4 Å². The molecular weight excluding hydrogens is 340 g/mol. The number of anilines is 1. The molecule has 4 rings (SSSR count). The number of carbonyl (C=O) groups is 1. The molecule has 132 valence electrons. The fourth-order valence-corrected chi connectivity index (χ4v) is 3.08. The normalized spacial score (nSPS) is 17.1. The van der Waals surface area contributed by atoms with Gasteiger partial charge in [0, 0.05) is 18.5 Å². The maximum absolute atomic E-state index is 14.1. The Morgan fingerprint density at radius 3 is 2.85 bits per heavy atom. The molecule has 1 aliphatic rings. The van der Waals surface area contributed by atoms with Crippen LogP contribution in [0.2, 0.25) is 0 Å². The zero-order valence-corrected chi connectivity index (χ0v) is 13.9. The smallest absolute Gasteiger partial charge is 0.232 e. The van der Waals surface area contributed by atoms with Gasteiger partial charge in [-0.25, -0.2) is 8.78 Å². The fourth-order valence-electron chi connectivity index (χ4n) is 3.08. The Balaban J connectivity index is 1.59. The van der Waals surface area contributed by atoms with Crippen LogP contribution in [0.4, 0.5) is 14.5 Å². The van der Waals surface area contributed by atoms with E-state index >= 15 is 0 Å². The van der Waals surface area contributed by atoms with E-state index in [-0.39, 0.29) is 42.2 Å². The maximum Gasteiger partial charge on any atom is 0.232 e. The lowest BCUT2D eigenvalue weighted by molar-refractivity contribution is -0.117. The first-order chi connectivity index (χ1) is 12.5. The number of hydrogen-bond donors (Lipinski definition) is 0. The number of aromatic nitrogens is 2. The molecule has 1 amide bonds. The Morgan fingerprint density at radius 2 is 2.04 bits per heavy atom. The third-order valence-corrected chi connectivity index (χ3v) is 4.39. The number of aryl methyl sites for hydroxylation is 1. The van der Waals surface area contributed by atoms with E-state index in [0.717, 1.165) is 5.56 Å². The summed E-state index contributed by atoms with van der Waals surface area (Å²) in [5, 5.41) is 3.87. The molecular formula is C19H15F2N3O2. The minimum absolute atomic E-state index is 0.151. The zero-order chi connectivity index (χ0) is 18.3. The molecule has 1 saturated heterocycles. The molecule has 1 fully saturated rings. The van der Waals surface area contributed by atoms with Crippen LogP contribution in [0, 0.1) is 18.6 Å². The Labute approximate surface area is 148 Å². The van der Waals surface area contributed by atoms with Crippen molar-refractivity contribution in [1.29, 1.82) is 0 Å². The van der Waals surface area contributed by atoms with Crippen molar-refractivity contribution >= 4 is 11.6 Å². The summed E-state index contributed by atoms with van der Waals surface area (Å²) in [4.78, 5) is 18.1. The first kappa shape index (κ1) is 16.4. The highest BCUT2D eigenvalue weighted by molar-refractivity contribution is 5.96. The summed E-state index contributed by atoms with van der Waals surface area (Å²) < 4.78 is 32.7. The lowest BCUT2D eigenvalue weighted by Crippen LogP contribution is -2.25. The summed E-state index contributed by atoms with van der Waals surface area (Å²) in [6.45, 7) is 2.09. The molecule has 0 N–H and O–H groups in total. The van der Waals surface area contributed by atoms with E-state index in [2.05, 4.69) is 10.1 Å². The first-order valence-electron chi connectivity index (χ1n) is 8.17. The molecule has 1 unspecified atom stereocenters. The maximum atomic E-state index is 14.1. The Hall–Kier alpha value is -3.09. The number of halogens is 2. The highest BCUT2D eigenvalue weighted by atomic mass is 19.1. The van der Waals surface area contributed by atoms with Crippen LogP contribution < -0.4 is 4.90 Å². The van der Waals surface area contributed by atoms with Gasteiger partial charge >= 0.3 is 0 Å². The van der Waals surface area contributed by atoms with Crippen molar-refractivity contribution in [1.82, 2.24) is 10.1 Å². The molecule has 0 spiro atoms. The second-order valence-electron chi connectivity index (χ2n) is 6.33. The largest absolute Gasteiger partial charge is 0.339 e. The number of nitrogens with zero attached hydrogens (tertiary/aromatic N) is 3. The quantitative estimate of drug-likeness (QED) is 0.716. The third-order valence-electron chi connectivity index (χ3n) is 4.39. The van der Waals surface area contributed by atoms with Gasteiger partial charge in [0.1, 0.15) is 11.6 Å². The average Bonchev–Trinajstić information content (AvgIpc) is 3.24. The summed E-state index contributed by atoms with van der Waals surface area (Å²) in [5.41, 5.74) is 1.61. The second-order valence-corrected chi connectivity index (χ2v) is 6.33. The Morgan fingerprint density at radius 1 is 1.19 bits per heavy atom. The number of hydrogen-bond acceptors (Lipinski definition) is 4. The van der Waals surface area contributed by atoms with Crippen molar-refractivity contribution in [2.24, 2.45) is 0 Å². The molecule has 3 aromatic rings. The van der Waals surface area contributed by atoms with Crippen molar-refractivity contribution in [3.8, 4) is 11.4 Å². The molecule has 0 radical (unpaired) electrons. The molecule has 0 bridgehead atoms. The van der Waals surface area contributed by atoms with Crippen LogP contribution in [0.1, 0.15) is 23.8 Å². The number of benzene rings is 2. The number of rotatable bonds is 3. The van der Waals surface area contributed by atoms with Gasteiger partial charge in [-0.2, -0.15) is 4.98 Å². The third kappa shape index (κ3) is 2.96. The van der Waals surface area contributed by atoms with E-state index in [1.165, 1.54) is 23.1 Å². The Kier molecular flexibility index (Phi) is 3.99. The van der Waals surface area contributed by atoms with Crippen molar-refractivity contribution in [3.05, 3.63) is 65.6 Å². The minimum atomic E-state index is -0.449. The number of carbonyl (C=O) groups excluding carboxylic acids is 1. The summed E-state index contributed by atoms with van der Waals surface area (Å²) >= 11 is 0. The van der Waals surface area contributed by atoms with Crippen LogP contribution >= 0.6 is 0 Å². The predicted molar refractivity (Wildman–Crippen MR) is 90.5 cm³/mol. The standard InChI is InChI=1S/C19H15F2N3O2/c1-11-5-6-15(21)16(7-11)24-10-13(9-17(24)25)19-22-18(23-26-19)12-3-2-4-14(20)8-12/h2-8,13H,9-10H2,1H3. The lowest BCUT2D eigenvalue weighted by Gasteiger charge is -2.17. The van der Waals surface area contributed by atoms with Gasteiger partial charge in [-0.15, -0.1) is 0 Å². The second kappa shape index (κ2) is 6.33. The molecule has 0 saturated carbocycles. The predicted octanol–water partition coefficient (Wildman–Crippen LogP) is 3.84. The fraction of sp³-hybridized carbons (Fsp3) is 0.211. The van der Waals surface area contributed by atoms with E-state index in [1.807, 2.05) is 6.92 Å². The van der Waals surface area contributed by atoms with Crippen molar-refractivity contribution in [3.63, 3.8) is 0 Å². The summed E-state index contributed by atoms with van der Waals surface area (Å²) in [6, 6.07) is 10.5. The van der Waals surface area contributed by atoms with E-state index in [0.29, 0.717) is 5.56 Å². The molecule has 0 aliphatic carbocycles. The molecule has 2 heterocycles. The highest BCUT2D eigenvalue weighted by Gasteiger charge is 2.36. The lowest BCUT2D eigenvalue weighted by atomic mass is 10.1. The van der Waals surface area contributed by atoms with Gasteiger partial charge in [-0.3, -0.25) is 4.79 Å². The summed E-state index contributed by atoms with van der Waals surface area (Å²) in [5.74, 6) is -0.843. The highest BCUT2D eigenvalue weighted by Crippen LogP contribution is 2.33. The zero-order valence-electron chi connectivity index (χ0n) is 13.9. The van der Waals surface area contributed by atoms with Crippen LogP contribution in [-0.4, -0.2) is 22.6 Å². The molecule has 5 nitrogen and oxygen atoms in total. The Bertz CT molecular complexity index is 986. The summed E-state index contributed by atoms with van der Waals surface area (Å²) in [6.07, 6.45) is 0.151. The average molecular weight is 355 g/mol. The van der Waals surface area contributed by atoms with Crippen molar-refractivity contribution < 1.29 is 18.1 Å². The molecule has 2 aromatic carbocycles. The molecule has 7 heteroatoms. The number of amides is 1. The van der Waals surface area contributed by atoms with Gasteiger partial charge in [-0.1, -0.05) is 23.4 Å². The first-order valence-corrected chi connectivity index (χ1v) is 8.17. The van der Waals surface area contributed by atoms with Gasteiger partial charge in [0.2, 0.25) is 17.6 Å². The van der Waals surface area contributed by atoms with Gasteiger partial charge in [0.05, 0.1) is 11.6 Å². The monoisotopic (exact) mass is 355 g/mol. The van der Waals surface area contributed by atoms with Gasteiger partial charge in [-0.05, 0) is 36.8 Å². The summed E-state index contributed by atoms with van der Waals surface area (Å²) in [7, 11) is 0. The van der Waals surface area contributed by atoms with Crippen LogP contribution in [0.3, 0.4) is 0 Å². The SMILES string of the molecule is Cc1ccc(F)c(N2CC(c3nc(-c4cccc(F)c4)no3)CC2=O)c1. The molecule has 26 heavy (non-hydrogen) atoms. The van der Waals surface area contributed by atoms with Crippen molar-refractivity contribution in [2.75, 3.05) is 11.4 Å². The van der Waals surface area contributed by atoms with Crippen LogP contribution in [0.5, 0.6) is 0 Å². The van der Waals surface area contributed by atoms with E-state index in [4.69, 9.17) is 4.52 Å². The topological polar surface area (TPSA) is 59.2 Å². The molecule has 1 atom stereocenters. The van der Waals surface area contributed by atoms with Gasteiger partial charge < -0.3 is 9.42 Å². The molecule has 1 aliphatic heterocycles. The van der Waals surface area contributed by atoms with Crippen LogP contribution in [0.15, 0.2) is 47.0 Å².